The van der Waals surface area contributed by atoms with Gasteiger partial charge >= 0.3 is 0 Å². The van der Waals surface area contributed by atoms with Crippen LogP contribution in [0.5, 0.6) is 11.5 Å². The molecule has 11 heteroatoms. The number of amides is 1. The van der Waals surface area contributed by atoms with Gasteiger partial charge in [-0.1, -0.05) is 18.2 Å². The number of carbonyl (C=O) groups excluding carboxylic acids is 1. The number of benzene rings is 2. The second kappa shape index (κ2) is 8.01. The zero-order valence-corrected chi connectivity index (χ0v) is 17.4. The zero-order chi connectivity index (χ0) is 21.2. The van der Waals surface area contributed by atoms with Crippen LogP contribution in [-0.4, -0.2) is 42.7 Å². The number of para-hydroxylation sites is 1. The molecule has 1 saturated heterocycles. The van der Waals surface area contributed by atoms with Crippen LogP contribution < -0.4 is 18.5 Å². The first-order valence-electron chi connectivity index (χ1n) is 8.55. The third-order valence-electron chi connectivity index (χ3n) is 4.39. The molecule has 3 rings (SSSR count). The van der Waals surface area contributed by atoms with Crippen LogP contribution in [0, 0.1) is 0 Å². The molecule has 0 unspecified atom stereocenters. The van der Waals surface area contributed by atoms with Crippen molar-refractivity contribution in [3.8, 4) is 11.5 Å². The van der Waals surface area contributed by atoms with E-state index in [0.717, 1.165) is 6.07 Å². The predicted molar refractivity (Wildman–Crippen MR) is 106 cm³/mol. The van der Waals surface area contributed by atoms with Crippen molar-refractivity contribution < 1.29 is 31.1 Å². The zero-order valence-electron chi connectivity index (χ0n) is 15.8. The highest BCUT2D eigenvalue weighted by Gasteiger charge is 2.37. The third-order valence-corrected chi connectivity index (χ3v) is 7.51. The van der Waals surface area contributed by atoms with Crippen LogP contribution in [0.15, 0.2) is 47.4 Å². The molecule has 1 N–H and O–H groups in total. The summed E-state index contributed by atoms with van der Waals surface area (Å²) in [6.45, 7) is -0.0549. The van der Waals surface area contributed by atoms with Crippen molar-refractivity contribution >= 4 is 31.6 Å². The molecule has 156 valence electrons. The molecule has 1 aliphatic rings. The average molecular weight is 440 g/mol. The molecule has 1 amide bonds. The Hall–Kier alpha value is -2.63. The lowest BCUT2D eigenvalue weighted by molar-refractivity contribution is -0.116. The van der Waals surface area contributed by atoms with Gasteiger partial charge in [-0.15, -0.1) is 0 Å². The first kappa shape index (κ1) is 21.1. The van der Waals surface area contributed by atoms with Crippen LogP contribution in [0.1, 0.15) is 12.0 Å². The Morgan fingerprint density at radius 3 is 2.38 bits per heavy atom. The molecule has 0 radical (unpaired) electrons. The maximum absolute atomic E-state index is 12.9. The Morgan fingerprint density at radius 1 is 1.07 bits per heavy atom. The molecule has 1 fully saturated rings. The number of ether oxygens (including phenoxy) is 2. The highest BCUT2D eigenvalue weighted by molar-refractivity contribution is 7.94. The van der Waals surface area contributed by atoms with Crippen molar-refractivity contribution in [3.63, 3.8) is 0 Å². The van der Waals surface area contributed by atoms with Crippen molar-refractivity contribution in [2.45, 2.75) is 17.9 Å². The molecular weight excluding hydrogens is 420 g/mol. The summed E-state index contributed by atoms with van der Waals surface area (Å²) >= 11 is 0. The first-order chi connectivity index (χ1) is 13.7. The van der Waals surface area contributed by atoms with Crippen LogP contribution in [0.4, 0.5) is 5.69 Å². The SMILES string of the molecule is COc1ccccc1CNS(=O)(=O)c1cc(N2C(=O)CCS2(=O)=O)ccc1OC. The van der Waals surface area contributed by atoms with E-state index in [1.165, 1.54) is 26.4 Å². The van der Waals surface area contributed by atoms with Gasteiger partial charge in [0, 0.05) is 18.5 Å². The number of nitrogens with zero attached hydrogens (tertiary/aromatic N) is 1. The van der Waals surface area contributed by atoms with Gasteiger partial charge in [0.05, 0.1) is 25.7 Å². The summed E-state index contributed by atoms with van der Waals surface area (Å²) in [7, 11) is -5.14. The van der Waals surface area contributed by atoms with Crippen LogP contribution in [0.3, 0.4) is 0 Å². The largest absolute Gasteiger partial charge is 0.496 e. The van der Waals surface area contributed by atoms with Crippen LogP contribution in [0.2, 0.25) is 0 Å². The summed E-state index contributed by atoms with van der Waals surface area (Å²) in [5.41, 5.74) is 0.567. The molecule has 0 aliphatic carbocycles. The minimum atomic E-state index is -4.10. The van der Waals surface area contributed by atoms with Gasteiger partial charge in [-0.25, -0.2) is 25.9 Å². The van der Waals surface area contributed by atoms with Gasteiger partial charge in [-0.3, -0.25) is 4.79 Å². The first-order valence-corrected chi connectivity index (χ1v) is 11.6. The summed E-state index contributed by atoms with van der Waals surface area (Å²) < 4.78 is 63.6. The fourth-order valence-electron chi connectivity index (χ4n) is 2.97. The number of hydrogen-bond acceptors (Lipinski definition) is 7. The van der Waals surface area contributed by atoms with Gasteiger partial charge in [0.25, 0.3) is 0 Å². The summed E-state index contributed by atoms with van der Waals surface area (Å²) in [4.78, 5) is 11.7. The minimum absolute atomic E-state index is 0.0188. The molecule has 0 atom stereocenters. The summed E-state index contributed by atoms with van der Waals surface area (Å²) in [6.07, 6.45) is -0.150. The minimum Gasteiger partial charge on any atom is -0.496 e. The predicted octanol–water partition coefficient (Wildman–Crippen LogP) is 1.25. The van der Waals surface area contributed by atoms with Gasteiger partial charge in [-0.05, 0) is 24.3 Å². The van der Waals surface area contributed by atoms with Crippen molar-refractivity contribution in [1.82, 2.24) is 4.72 Å². The molecule has 1 aliphatic heterocycles. The highest BCUT2D eigenvalue weighted by Crippen LogP contribution is 2.32. The normalized spacial score (nSPS) is 16.1. The lowest BCUT2D eigenvalue weighted by Crippen LogP contribution is -2.30. The quantitative estimate of drug-likeness (QED) is 0.688. The molecular formula is C18H20N2O7S2. The Labute approximate surface area is 169 Å². The van der Waals surface area contributed by atoms with E-state index in [-0.39, 0.29) is 35.1 Å². The third kappa shape index (κ3) is 4.21. The van der Waals surface area contributed by atoms with Gasteiger partial charge in [0.15, 0.2) is 0 Å². The number of nitrogens with one attached hydrogen (secondary N) is 1. The van der Waals surface area contributed by atoms with E-state index >= 15 is 0 Å². The molecule has 0 saturated carbocycles. The van der Waals surface area contributed by atoms with E-state index in [4.69, 9.17) is 9.47 Å². The van der Waals surface area contributed by atoms with E-state index in [0.29, 0.717) is 15.6 Å². The average Bonchev–Trinajstić information content (AvgIpc) is 2.98. The fourth-order valence-corrected chi connectivity index (χ4v) is 5.61. The van der Waals surface area contributed by atoms with E-state index in [1.54, 1.807) is 24.3 Å². The second-order valence-corrected chi connectivity index (χ2v) is 9.87. The lowest BCUT2D eigenvalue weighted by Gasteiger charge is -2.18. The Bertz CT molecular complexity index is 1140. The molecule has 2 aromatic carbocycles. The number of hydrogen-bond donors (Lipinski definition) is 1. The molecule has 9 nitrogen and oxygen atoms in total. The topological polar surface area (TPSA) is 119 Å². The second-order valence-electron chi connectivity index (χ2n) is 6.20. The van der Waals surface area contributed by atoms with Crippen molar-refractivity contribution in [1.29, 1.82) is 0 Å². The lowest BCUT2D eigenvalue weighted by atomic mass is 10.2. The van der Waals surface area contributed by atoms with E-state index in [9.17, 15) is 21.6 Å². The maximum atomic E-state index is 12.9. The smallest absolute Gasteiger partial charge is 0.244 e. The number of methoxy groups -OCH3 is 2. The molecule has 0 aromatic heterocycles. The van der Waals surface area contributed by atoms with Gasteiger partial charge < -0.3 is 9.47 Å². The Balaban J connectivity index is 1.97. The van der Waals surface area contributed by atoms with Gasteiger partial charge in [0.2, 0.25) is 26.0 Å². The monoisotopic (exact) mass is 440 g/mol. The highest BCUT2D eigenvalue weighted by atomic mass is 32.2. The van der Waals surface area contributed by atoms with Crippen LogP contribution in [-0.2, 0) is 31.4 Å². The summed E-state index contributed by atoms with van der Waals surface area (Å²) in [5.74, 6) is -0.387. The molecule has 1 heterocycles. The number of sulfonamides is 2. The Kier molecular flexibility index (Phi) is 5.82. The van der Waals surface area contributed by atoms with Crippen LogP contribution in [0.25, 0.3) is 0 Å². The molecule has 0 bridgehead atoms. The van der Waals surface area contributed by atoms with Crippen molar-refractivity contribution in [2.24, 2.45) is 0 Å². The van der Waals surface area contributed by atoms with E-state index in [1.807, 2.05) is 0 Å². The Morgan fingerprint density at radius 2 is 1.76 bits per heavy atom. The van der Waals surface area contributed by atoms with Gasteiger partial charge in [-0.2, -0.15) is 0 Å². The summed E-state index contributed by atoms with van der Waals surface area (Å²) in [5, 5.41) is 0. The van der Waals surface area contributed by atoms with Gasteiger partial charge in [0.1, 0.15) is 16.4 Å². The van der Waals surface area contributed by atoms with Crippen molar-refractivity contribution in [3.05, 3.63) is 48.0 Å². The maximum Gasteiger partial charge on any atom is 0.244 e. The number of carbonyl (C=O) groups is 1. The summed E-state index contributed by atoms with van der Waals surface area (Å²) in [6, 6.07) is 10.7. The van der Waals surface area contributed by atoms with E-state index < -0.39 is 26.0 Å². The fraction of sp³-hybridized carbons (Fsp3) is 0.278. The number of rotatable bonds is 7. The standard InChI is InChI=1S/C18H20N2O7S2/c1-26-15-6-4-3-5-13(15)12-19-29(24,25)17-11-14(7-8-16(17)27-2)20-18(21)9-10-28(20,22)23/h3-8,11,19H,9-10,12H2,1-2H3. The molecule has 29 heavy (non-hydrogen) atoms. The van der Waals surface area contributed by atoms with Crippen molar-refractivity contribution in [2.75, 3.05) is 24.3 Å². The molecule has 2 aromatic rings. The number of anilines is 1. The van der Waals surface area contributed by atoms with E-state index in [2.05, 4.69) is 4.72 Å². The molecule has 0 spiro atoms. The van der Waals surface area contributed by atoms with Crippen LogP contribution >= 0.6 is 0 Å².